The van der Waals surface area contributed by atoms with Crippen LogP contribution in [0.15, 0.2) is 34.9 Å². The monoisotopic (exact) mass is 760 g/mol. The molecule has 8 N–H and O–H groups in total. The van der Waals surface area contributed by atoms with E-state index in [0.29, 0.717) is 31.6 Å². The highest BCUT2D eigenvalue weighted by molar-refractivity contribution is 6.11. The number of ether oxygens (including phenoxy) is 4. The Kier molecular flexibility index (Phi) is 7.94. The van der Waals surface area contributed by atoms with Gasteiger partial charge >= 0.3 is 5.97 Å². The van der Waals surface area contributed by atoms with Gasteiger partial charge in [0.2, 0.25) is 6.29 Å². The number of aromatic carboxylic acids is 1. The van der Waals surface area contributed by atoms with Crippen LogP contribution < -0.4 is 15.6 Å². The second-order valence-corrected chi connectivity index (χ2v) is 17.5. The lowest BCUT2D eigenvalue weighted by Gasteiger charge is -2.68. The number of hydrogen-bond donors (Lipinski definition) is 8. The van der Waals surface area contributed by atoms with Crippen molar-refractivity contribution in [3.8, 4) is 17.2 Å². The van der Waals surface area contributed by atoms with Crippen LogP contribution in [0.2, 0.25) is 0 Å². The number of aliphatic hydroxyl groups excluding tert-OH is 3. The van der Waals surface area contributed by atoms with Gasteiger partial charge in [-0.15, -0.1) is 0 Å². The topological polar surface area (TPSA) is 216 Å². The van der Waals surface area contributed by atoms with Crippen molar-refractivity contribution in [1.82, 2.24) is 10.9 Å². The number of carbonyl (C=O) groups is 2. The summed E-state index contributed by atoms with van der Waals surface area (Å²) in [6.07, 6.45) is 2.39. The lowest BCUT2D eigenvalue weighted by molar-refractivity contribution is -0.327. The van der Waals surface area contributed by atoms with Gasteiger partial charge in [-0.25, -0.2) is 4.79 Å². The molecule has 4 aliphatic carbocycles. The number of fused-ring (bicyclic) bond motifs is 2. The lowest BCUT2D eigenvalue weighted by atomic mass is 9.43. The van der Waals surface area contributed by atoms with Crippen LogP contribution >= 0.6 is 0 Å². The van der Waals surface area contributed by atoms with Crippen LogP contribution in [0.25, 0.3) is 10.8 Å². The zero-order valence-corrected chi connectivity index (χ0v) is 30.8. The van der Waals surface area contributed by atoms with Crippen LogP contribution in [0, 0.1) is 36.0 Å². The molecule has 2 bridgehead atoms. The molecule has 0 amide bonds. The standard InChI is InChI=1S/C41H48N2O12/c1-17-29(18(2)45)34(47)31-23(33(17)46)8-20(37(50)51)9-26(31)54-38-35(48)36(49)41(28(12-44)55-38)11-25-30-19(14-53-41)5-6-22(30)24-15-52-13-21-10-39-7-3-4-27(39)42-43-40(25,16-39)32(21)24/h6,8-9,21,24-25,27-28,32,35-36,38,42-44,46-49H,3-5,7,10-16H2,1-2H3,(H,50,51)/t21-,24+,25+,27+,28-,32+,35-,36-,38+,39-,40-,41+/m1/s1. The third kappa shape index (κ3) is 4.71. The van der Waals surface area contributed by atoms with Crippen molar-refractivity contribution >= 4 is 22.5 Å². The largest absolute Gasteiger partial charge is 0.507 e. The molecule has 8 aliphatic rings. The van der Waals surface area contributed by atoms with Gasteiger partial charge in [0.1, 0.15) is 41.2 Å². The minimum absolute atomic E-state index is 0.0530. The number of benzene rings is 2. The summed E-state index contributed by atoms with van der Waals surface area (Å²) in [5.74, 6) is -2.55. The number of ketones is 1. The van der Waals surface area contributed by atoms with Gasteiger partial charge in [-0.2, -0.15) is 0 Å². The summed E-state index contributed by atoms with van der Waals surface area (Å²) in [5.41, 5.74) is 9.00. The summed E-state index contributed by atoms with van der Waals surface area (Å²) in [6, 6.07) is 2.59. The summed E-state index contributed by atoms with van der Waals surface area (Å²) in [4.78, 5) is 24.8. The number of carbonyl (C=O) groups excluding carboxylic acids is 1. The molecule has 4 heterocycles. The van der Waals surface area contributed by atoms with E-state index < -0.39 is 65.6 Å². The Labute approximate surface area is 317 Å². The fraction of sp³-hybridized carbons (Fsp3) is 0.610. The number of carboxylic acid groups (broad SMARTS) is 1. The predicted molar refractivity (Wildman–Crippen MR) is 193 cm³/mol. The number of Topliss-reactive ketones (excluding diaryl/α,β-unsaturated/α-hetero) is 1. The summed E-state index contributed by atoms with van der Waals surface area (Å²) in [7, 11) is 0. The van der Waals surface area contributed by atoms with Crippen LogP contribution in [-0.2, 0) is 14.2 Å². The normalized spacial score (nSPS) is 41.3. The first kappa shape index (κ1) is 35.8. The molecule has 3 spiro atoms. The highest BCUT2D eigenvalue weighted by Gasteiger charge is 2.71. The average molecular weight is 761 g/mol. The van der Waals surface area contributed by atoms with Crippen LogP contribution in [0.4, 0.5) is 0 Å². The maximum Gasteiger partial charge on any atom is 0.335 e. The maximum absolute atomic E-state index is 12.6. The highest BCUT2D eigenvalue weighted by atomic mass is 16.7. The molecule has 14 nitrogen and oxygen atoms in total. The first-order valence-electron chi connectivity index (χ1n) is 19.6. The Bertz CT molecular complexity index is 2100. The molecule has 3 saturated carbocycles. The number of phenolic OH excluding ortho intramolecular Hbond substituents is 2. The molecule has 10 rings (SSSR count). The van der Waals surface area contributed by atoms with Crippen molar-refractivity contribution < 1.29 is 59.2 Å². The van der Waals surface area contributed by atoms with Gasteiger partial charge in [-0.1, -0.05) is 12.5 Å². The second kappa shape index (κ2) is 12.2. The van der Waals surface area contributed by atoms with Gasteiger partial charge in [0.25, 0.3) is 0 Å². The van der Waals surface area contributed by atoms with E-state index in [9.17, 15) is 40.2 Å². The molecule has 4 aliphatic heterocycles. The van der Waals surface area contributed by atoms with E-state index >= 15 is 0 Å². The number of rotatable bonds is 5. The zero-order chi connectivity index (χ0) is 38.3. The predicted octanol–water partition coefficient (Wildman–Crippen LogP) is 2.75. The molecular weight excluding hydrogens is 712 g/mol. The molecule has 294 valence electrons. The minimum Gasteiger partial charge on any atom is -0.507 e. The Morgan fingerprint density at radius 2 is 1.93 bits per heavy atom. The number of hydrogen-bond acceptors (Lipinski definition) is 13. The van der Waals surface area contributed by atoms with E-state index in [1.54, 1.807) is 0 Å². The van der Waals surface area contributed by atoms with E-state index in [2.05, 4.69) is 16.9 Å². The first-order valence-corrected chi connectivity index (χ1v) is 19.6. The molecule has 3 saturated heterocycles. The first-order chi connectivity index (χ1) is 26.3. The molecule has 2 aromatic carbocycles. The second-order valence-electron chi connectivity index (χ2n) is 17.5. The SMILES string of the molecule is CC(=O)c1c(C)c(O)c2cc(C(=O)O)cc(O[C@H]3O[C@H](CO)[C@@]4(C[C@H]5C6=C(CC=C6[C@@H]6COC[C@H]7C[C@@]89CCC[C@@H]8NN[C@@]5(C9)[C@@H]76)CO4)[C@H](O)[C@H]3O)c2c1O. The molecule has 12 atom stereocenters. The molecule has 14 heteroatoms. The third-order valence-corrected chi connectivity index (χ3v) is 15.0. The van der Waals surface area contributed by atoms with Crippen LogP contribution in [0.3, 0.4) is 0 Å². The van der Waals surface area contributed by atoms with Crippen molar-refractivity contribution in [2.45, 2.75) is 101 Å². The van der Waals surface area contributed by atoms with E-state index in [1.807, 2.05) is 0 Å². The molecule has 0 unspecified atom stereocenters. The minimum atomic E-state index is -1.78. The van der Waals surface area contributed by atoms with Crippen molar-refractivity contribution in [3.63, 3.8) is 0 Å². The average Bonchev–Trinajstić information content (AvgIpc) is 3.72. The summed E-state index contributed by atoms with van der Waals surface area (Å²) in [6.45, 7) is 3.55. The highest BCUT2D eigenvalue weighted by Crippen LogP contribution is 2.68. The molecule has 55 heavy (non-hydrogen) atoms. The van der Waals surface area contributed by atoms with E-state index in [0.717, 1.165) is 49.8 Å². The Morgan fingerprint density at radius 1 is 1.11 bits per heavy atom. The number of aliphatic hydroxyl groups is 3. The Morgan fingerprint density at radius 3 is 2.69 bits per heavy atom. The van der Waals surface area contributed by atoms with Gasteiger partial charge in [-0.3, -0.25) is 15.6 Å². The molecule has 6 fully saturated rings. The van der Waals surface area contributed by atoms with Gasteiger partial charge in [0.15, 0.2) is 5.78 Å². The third-order valence-electron chi connectivity index (χ3n) is 15.0. The summed E-state index contributed by atoms with van der Waals surface area (Å²) in [5, 5.41) is 67.5. The fourth-order valence-corrected chi connectivity index (χ4v) is 12.9. The number of allylic oxidation sites excluding steroid dienone is 1. The Hall–Kier alpha value is -3.60. The quantitative estimate of drug-likeness (QED) is 0.163. The van der Waals surface area contributed by atoms with Crippen LogP contribution in [-0.4, -0.2) is 111 Å². The number of carboxylic acids is 1. The van der Waals surface area contributed by atoms with Gasteiger partial charge in [0.05, 0.1) is 36.3 Å². The van der Waals surface area contributed by atoms with Crippen molar-refractivity contribution in [1.29, 1.82) is 0 Å². The van der Waals surface area contributed by atoms with E-state index in [-0.39, 0.29) is 69.4 Å². The number of nitrogens with one attached hydrogen (secondary N) is 2. The van der Waals surface area contributed by atoms with Crippen molar-refractivity contribution in [2.24, 2.45) is 29.1 Å². The maximum atomic E-state index is 12.6. The summed E-state index contributed by atoms with van der Waals surface area (Å²) < 4.78 is 25.6. The smallest absolute Gasteiger partial charge is 0.335 e. The van der Waals surface area contributed by atoms with Gasteiger partial charge in [-0.05, 0) is 98.5 Å². The molecular formula is C41H48N2O12. The number of hydrazine groups is 1. The molecule has 0 aromatic heterocycles. The zero-order valence-electron chi connectivity index (χ0n) is 30.8. The molecule has 2 aromatic rings. The Balaban J connectivity index is 1.05. The van der Waals surface area contributed by atoms with Crippen LogP contribution in [0.1, 0.15) is 78.1 Å². The van der Waals surface area contributed by atoms with Crippen LogP contribution in [0.5, 0.6) is 17.2 Å². The van der Waals surface area contributed by atoms with Gasteiger partial charge < -0.3 is 49.6 Å². The summed E-state index contributed by atoms with van der Waals surface area (Å²) >= 11 is 0. The number of aromatic hydroxyl groups is 2. The van der Waals surface area contributed by atoms with E-state index in [4.69, 9.17) is 18.9 Å². The van der Waals surface area contributed by atoms with Crippen molar-refractivity contribution in [2.75, 3.05) is 26.4 Å². The van der Waals surface area contributed by atoms with Gasteiger partial charge in [0, 0.05) is 41.0 Å². The van der Waals surface area contributed by atoms with Crippen molar-refractivity contribution in [3.05, 3.63) is 51.6 Å². The number of phenols is 2. The lowest BCUT2D eigenvalue weighted by Crippen LogP contribution is -2.79. The van der Waals surface area contributed by atoms with E-state index in [1.165, 1.54) is 25.0 Å². The fourth-order valence-electron chi connectivity index (χ4n) is 12.9. The molecule has 0 radical (unpaired) electrons.